The van der Waals surface area contributed by atoms with Crippen molar-refractivity contribution in [1.82, 2.24) is 0 Å². The molecule has 0 heterocycles. The maximum absolute atomic E-state index is 12.7. The molecule has 0 aromatic heterocycles. The fourth-order valence-electron chi connectivity index (χ4n) is 3.75. The Morgan fingerprint density at radius 1 is 1.18 bits per heavy atom. The van der Waals surface area contributed by atoms with Gasteiger partial charge in [0.05, 0.1) is 0 Å². The van der Waals surface area contributed by atoms with Crippen molar-refractivity contribution in [3.05, 3.63) is 0 Å². The van der Waals surface area contributed by atoms with Crippen molar-refractivity contribution in [3.63, 3.8) is 0 Å². The summed E-state index contributed by atoms with van der Waals surface area (Å²) in [5.41, 5.74) is 5.94. The van der Waals surface area contributed by atoms with Crippen LogP contribution < -0.4 is 5.73 Å². The molecule has 5 unspecified atom stereocenters. The number of carbonyl (C=O) groups excluding carboxylic acids is 1. The smallest absolute Gasteiger partial charge is 0.143 e. The summed E-state index contributed by atoms with van der Waals surface area (Å²) in [6.07, 6.45) is 6.55. The Morgan fingerprint density at radius 3 is 2.41 bits per heavy atom. The molecular formula is C15H27NO. The summed E-state index contributed by atoms with van der Waals surface area (Å²) in [6.45, 7) is 6.71. The van der Waals surface area contributed by atoms with Crippen LogP contribution in [0.15, 0.2) is 0 Å². The van der Waals surface area contributed by atoms with Crippen LogP contribution in [-0.4, -0.2) is 11.8 Å². The van der Waals surface area contributed by atoms with Gasteiger partial charge in [0.15, 0.2) is 0 Å². The van der Waals surface area contributed by atoms with Crippen LogP contribution in [0.2, 0.25) is 0 Å². The van der Waals surface area contributed by atoms with Crippen molar-refractivity contribution >= 4 is 5.78 Å². The van der Waals surface area contributed by atoms with Crippen LogP contribution in [0.5, 0.6) is 0 Å². The second kappa shape index (κ2) is 4.72. The Morgan fingerprint density at radius 2 is 1.88 bits per heavy atom. The lowest BCUT2D eigenvalue weighted by molar-refractivity contribution is -0.134. The Bertz CT molecular complexity index is 301. The fourth-order valence-corrected chi connectivity index (χ4v) is 3.75. The van der Waals surface area contributed by atoms with Gasteiger partial charge in [-0.1, -0.05) is 27.2 Å². The van der Waals surface area contributed by atoms with Crippen molar-refractivity contribution in [1.29, 1.82) is 0 Å². The van der Waals surface area contributed by atoms with Crippen LogP contribution >= 0.6 is 0 Å². The van der Waals surface area contributed by atoms with E-state index in [0.717, 1.165) is 38.0 Å². The zero-order valence-corrected chi connectivity index (χ0v) is 11.5. The number of rotatable bonds is 2. The third-order valence-electron chi connectivity index (χ3n) is 5.56. The van der Waals surface area contributed by atoms with Gasteiger partial charge in [-0.25, -0.2) is 0 Å². The molecule has 0 aromatic rings. The summed E-state index contributed by atoms with van der Waals surface area (Å²) in [6, 6.07) is 0.102. The van der Waals surface area contributed by atoms with Gasteiger partial charge in [-0.05, 0) is 43.9 Å². The summed E-state index contributed by atoms with van der Waals surface area (Å²) in [5, 5.41) is 0. The summed E-state index contributed by atoms with van der Waals surface area (Å²) in [4.78, 5) is 12.7. The first kappa shape index (κ1) is 13.1. The minimum absolute atomic E-state index is 0.102. The molecule has 0 spiro atoms. The molecule has 0 saturated heterocycles. The van der Waals surface area contributed by atoms with Gasteiger partial charge in [0.25, 0.3) is 0 Å². The number of ketones is 1. The third kappa shape index (κ3) is 2.29. The van der Waals surface area contributed by atoms with E-state index in [2.05, 4.69) is 20.8 Å². The summed E-state index contributed by atoms with van der Waals surface area (Å²) >= 11 is 0. The van der Waals surface area contributed by atoms with E-state index in [4.69, 9.17) is 5.73 Å². The number of carbonyl (C=O) groups is 1. The van der Waals surface area contributed by atoms with E-state index in [-0.39, 0.29) is 17.4 Å². The average molecular weight is 237 g/mol. The van der Waals surface area contributed by atoms with Crippen LogP contribution in [0.3, 0.4) is 0 Å². The van der Waals surface area contributed by atoms with Crippen LogP contribution in [0, 0.1) is 23.2 Å². The zero-order valence-electron chi connectivity index (χ0n) is 11.5. The number of Topliss-reactive ketones (excluding diaryl/α,β-unsaturated/α-hetero) is 1. The Labute approximate surface area is 105 Å². The van der Waals surface area contributed by atoms with Crippen molar-refractivity contribution in [2.75, 3.05) is 0 Å². The number of hydrogen-bond acceptors (Lipinski definition) is 2. The van der Waals surface area contributed by atoms with E-state index >= 15 is 0 Å². The van der Waals surface area contributed by atoms with E-state index < -0.39 is 0 Å². The first-order chi connectivity index (χ1) is 7.95. The van der Waals surface area contributed by atoms with Crippen LogP contribution in [0.4, 0.5) is 0 Å². The molecule has 2 heteroatoms. The summed E-state index contributed by atoms with van der Waals surface area (Å²) in [7, 11) is 0. The maximum Gasteiger partial charge on any atom is 0.143 e. The summed E-state index contributed by atoms with van der Waals surface area (Å²) in [5.74, 6) is 2.24. The van der Waals surface area contributed by atoms with Gasteiger partial charge in [-0.15, -0.1) is 0 Å². The number of nitrogens with two attached hydrogens (primary N) is 1. The van der Waals surface area contributed by atoms with E-state index in [9.17, 15) is 4.79 Å². The molecule has 0 aliphatic heterocycles. The highest BCUT2D eigenvalue weighted by Gasteiger charge is 2.46. The third-order valence-corrected chi connectivity index (χ3v) is 5.56. The van der Waals surface area contributed by atoms with Gasteiger partial charge in [-0.2, -0.15) is 0 Å². The molecule has 17 heavy (non-hydrogen) atoms. The van der Waals surface area contributed by atoms with Gasteiger partial charge in [0, 0.05) is 17.4 Å². The Hall–Kier alpha value is -0.370. The molecule has 0 aromatic carbocycles. The van der Waals surface area contributed by atoms with E-state index in [1.54, 1.807) is 0 Å². The van der Waals surface area contributed by atoms with Crippen molar-refractivity contribution in [2.45, 2.75) is 65.3 Å². The van der Waals surface area contributed by atoms with Gasteiger partial charge in [-0.3, -0.25) is 4.79 Å². The normalized spacial score (nSPS) is 47.1. The SMILES string of the molecule is CC1CCC(C(=O)C2(C)CCCC2N)CC1C. The standard InChI is InChI=1S/C15H27NO/c1-10-6-7-12(9-11(10)2)14(17)15(3)8-4-5-13(15)16/h10-13H,4-9,16H2,1-3H3. The molecular weight excluding hydrogens is 210 g/mol. The quantitative estimate of drug-likeness (QED) is 0.801. The van der Waals surface area contributed by atoms with Crippen LogP contribution in [0.25, 0.3) is 0 Å². The van der Waals surface area contributed by atoms with Crippen LogP contribution in [0.1, 0.15) is 59.3 Å². The van der Waals surface area contributed by atoms with Gasteiger partial charge < -0.3 is 5.73 Å². The molecule has 0 bridgehead atoms. The first-order valence-electron chi connectivity index (χ1n) is 7.25. The monoisotopic (exact) mass is 237 g/mol. The highest BCUT2D eigenvalue weighted by molar-refractivity contribution is 5.87. The molecule has 2 N–H and O–H groups in total. The number of hydrogen-bond donors (Lipinski definition) is 1. The predicted molar refractivity (Wildman–Crippen MR) is 70.6 cm³/mol. The molecule has 2 rings (SSSR count). The minimum Gasteiger partial charge on any atom is -0.327 e. The molecule has 0 amide bonds. The van der Waals surface area contributed by atoms with Gasteiger partial charge >= 0.3 is 0 Å². The Balaban J connectivity index is 2.05. The average Bonchev–Trinajstić information content (AvgIpc) is 2.63. The van der Waals surface area contributed by atoms with Crippen molar-refractivity contribution in [2.24, 2.45) is 28.9 Å². The second-order valence-electron chi connectivity index (χ2n) is 6.74. The fraction of sp³-hybridized carbons (Fsp3) is 0.933. The zero-order chi connectivity index (χ0) is 12.6. The molecule has 0 radical (unpaired) electrons. The molecule has 2 saturated carbocycles. The van der Waals surface area contributed by atoms with E-state index in [1.165, 1.54) is 6.42 Å². The lowest BCUT2D eigenvalue weighted by atomic mass is 9.67. The molecule has 2 aliphatic carbocycles. The van der Waals surface area contributed by atoms with Gasteiger partial charge in [0.2, 0.25) is 0 Å². The topological polar surface area (TPSA) is 43.1 Å². The highest BCUT2D eigenvalue weighted by atomic mass is 16.1. The summed E-state index contributed by atoms with van der Waals surface area (Å²) < 4.78 is 0. The molecule has 2 fully saturated rings. The van der Waals surface area contributed by atoms with E-state index in [1.807, 2.05) is 0 Å². The van der Waals surface area contributed by atoms with Crippen molar-refractivity contribution < 1.29 is 4.79 Å². The second-order valence-corrected chi connectivity index (χ2v) is 6.74. The maximum atomic E-state index is 12.7. The lowest BCUT2D eigenvalue weighted by Crippen LogP contribution is -2.45. The molecule has 98 valence electrons. The predicted octanol–water partition coefficient (Wildman–Crippen LogP) is 3.15. The van der Waals surface area contributed by atoms with Crippen LogP contribution in [-0.2, 0) is 4.79 Å². The lowest BCUT2D eigenvalue weighted by Gasteiger charge is -2.37. The molecule has 5 atom stereocenters. The molecule has 2 aliphatic rings. The van der Waals surface area contributed by atoms with Crippen molar-refractivity contribution in [3.8, 4) is 0 Å². The first-order valence-corrected chi connectivity index (χ1v) is 7.25. The van der Waals surface area contributed by atoms with Gasteiger partial charge in [0.1, 0.15) is 5.78 Å². The van der Waals surface area contributed by atoms with E-state index in [0.29, 0.717) is 11.7 Å². The minimum atomic E-state index is -0.217. The molecule has 2 nitrogen and oxygen atoms in total. The largest absolute Gasteiger partial charge is 0.327 e. The Kier molecular flexibility index (Phi) is 3.63. The highest BCUT2D eigenvalue weighted by Crippen LogP contribution is 2.43.